The molecule has 0 aromatic heterocycles. The van der Waals surface area contributed by atoms with Crippen LogP contribution in [0.15, 0.2) is 12.1 Å². The highest BCUT2D eigenvalue weighted by Crippen LogP contribution is 2.27. The number of alkyl halides is 3. The van der Waals surface area contributed by atoms with Gasteiger partial charge in [0.25, 0.3) is 5.91 Å². The van der Waals surface area contributed by atoms with Crippen LogP contribution in [0, 0.1) is 5.82 Å². The molecule has 0 saturated heterocycles. The SMILES string of the molecule is O=C(O)Oc1ccc(Cl)c(C(=O)NCC(F)(F)F)c1F. The molecule has 0 spiro atoms. The Kier molecular flexibility index (Phi) is 4.77. The van der Waals surface area contributed by atoms with Gasteiger partial charge in [-0.1, -0.05) is 11.6 Å². The fraction of sp³-hybridized carbons (Fsp3) is 0.200. The molecule has 1 rings (SSSR count). The number of hydrogen-bond donors (Lipinski definition) is 2. The highest BCUT2D eigenvalue weighted by Gasteiger charge is 2.29. The predicted octanol–water partition coefficient (Wildman–Crippen LogP) is 2.83. The summed E-state index contributed by atoms with van der Waals surface area (Å²) in [6, 6.07) is 1.75. The van der Waals surface area contributed by atoms with Crippen LogP contribution in [0.3, 0.4) is 0 Å². The van der Waals surface area contributed by atoms with Crippen LogP contribution in [0.4, 0.5) is 22.4 Å². The van der Waals surface area contributed by atoms with Crippen LogP contribution in [0.2, 0.25) is 5.02 Å². The van der Waals surface area contributed by atoms with E-state index in [1.807, 2.05) is 0 Å². The number of nitrogens with one attached hydrogen (secondary N) is 1. The standard InChI is InChI=1S/C10H6ClF4NO4/c11-4-1-2-5(20-9(18)19)7(12)6(4)8(17)16-3-10(13,14)15/h1-2H,3H2,(H,16,17)(H,18,19). The largest absolute Gasteiger partial charge is 0.511 e. The highest BCUT2D eigenvalue weighted by atomic mass is 35.5. The molecule has 10 heteroatoms. The van der Waals surface area contributed by atoms with Gasteiger partial charge in [0.2, 0.25) is 0 Å². The van der Waals surface area contributed by atoms with Crippen molar-refractivity contribution >= 4 is 23.7 Å². The zero-order valence-corrected chi connectivity index (χ0v) is 10.2. The molecule has 0 unspecified atom stereocenters. The summed E-state index contributed by atoms with van der Waals surface area (Å²) in [7, 11) is 0. The van der Waals surface area contributed by atoms with E-state index >= 15 is 0 Å². The molecule has 0 fully saturated rings. The Labute approximate surface area is 114 Å². The second-order valence-corrected chi connectivity index (χ2v) is 3.81. The van der Waals surface area contributed by atoms with E-state index in [1.165, 1.54) is 5.32 Å². The summed E-state index contributed by atoms with van der Waals surface area (Å²) in [5.74, 6) is -3.76. The molecule has 0 saturated carbocycles. The van der Waals surface area contributed by atoms with Gasteiger partial charge in [0.05, 0.1) is 10.6 Å². The van der Waals surface area contributed by atoms with Gasteiger partial charge in [0.1, 0.15) is 6.54 Å². The number of carbonyl (C=O) groups excluding carboxylic acids is 1. The maximum atomic E-state index is 13.7. The summed E-state index contributed by atoms with van der Waals surface area (Å²) >= 11 is 5.50. The topological polar surface area (TPSA) is 75.6 Å². The smallest absolute Gasteiger partial charge is 0.449 e. The number of amides is 1. The molecule has 0 radical (unpaired) electrons. The quantitative estimate of drug-likeness (QED) is 0.511. The minimum absolute atomic E-state index is 0.486. The van der Waals surface area contributed by atoms with E-state index in [-0.39, 0.29) is 0 Å². The van der Waals surface area contributed by atoms with Crippen LogP contribution in [0.5, 0.6) is 5.75 Å². The second-order valence-electron chi connectivity index (χ2n) is 3.40. The Morgan fingerprint density at radius 3 is 2.45 bits per heavy atom. The van der Waals surface area contributed by atoms with Crippen molar-refractivity contribution in [3.05, 3.63) is 28.5 Å². The minimum atomic E-state index is -4.69. The highest BCUT2D eigenvalue weighted by molar-refractivity contribution is 6.34. The number of carboxylic acid groups (broad SMARTS) is 1. The Bertz CT molecular complexity index is 547. The van der Waals surface area contributed by atoms with Gasteiger partial charge in [0.15, 0.2) is 11.6 Å². The molecule has 5 nitrogen and oxygen atoms in total. The van der Waals surface area contributed by atoms with E-state index in [9.17, 15) is 27.2 Å². The van der Waals surface area contributed by atoms with Gasteiger partial charge in [0, 0.05) is 0 Å². The number of hydrogen-bond acceptors (Lipinski definition) is 3. The van der Waals surface area contributed by atoms with E-state index < -0.39 is 46.9 Å². The van der Waals surface area contributed by atoms with Crippen LogP contribution >= 0.6 is 11.6 Å². The van der Waals surface area contributed by atoms with Crippen molar-refractivity contribution in [2.75, 3.05) is 6.54 Å². The van der Waals surface area contributed by atoms with Crippen LogP contribution in [-0.2, 0) is 0 Å². The first kappa shape index (κ1) is 16.0. The van der Waals surface area contributed by atoms with Gasteiger partial charge in [-0.05, 0) is 12.1 Å². The van der Waals surface area contributed by atoms with E-state index in [1.54, 1.807) is 0 Å². The summed E-state index contributed by atoms with van der Waals surface area (Å²) in [6.45, 7) is -1.69. The summed E-state index contributed by atoms with van der Waals surface area (Å²) in [6.07, 6.45) is -6.54. The van der Waals surface area contributed by atoms with Gasteiger partial charge >= 0.3 is 12.3 Å². The molecule has 20 heavy (non-hydrogen) atoms. The molecule has 1 amide bonds. The number of carbonyl (C=O) groups is 2. The van der Waals surface area contributed by atoms with E-state index in [2.05, 4.69) is 4.74 Å². The molecular weight excluding hydrogens is 310 g/mol. The van der Waals surface area contributed by atoms with Crippen molar-refractivity contribution in [2.45, 2.75) is 6.18 Å². The number of ether oxygens (including phenoxy) is 1. The van der Waals surface area contributed by atoms with Crippen molar-refractivity contribution < 1.29 is 37.0 Å². The molecule has 1 aromatic carbocycles. The number of halogens is 5. The second kappa shape index (κ2) is 5.95. The first-order valence-corrected chi connectivity index (χ1v) is 5.23. The van der Waals surface area contributed by atoms with Crippen LogP contribution < -0.4 is 10.1 Å². The van der Waals surface area contributed by atoms with E-state index in [0.29, 0.717) is 0 Å². The summed E-state index contributed by atoms with van der Waals surface area (Å²) in [4.78, 5) is 21.7. The zero-order valence-electron chi connectivity index (χ0n) is 9.42. The lowest BCUT2D eigenvalue weighted by Crippen LogP contribution is -2.34. The third-order valence-electron chi connectivity index (χ3n) is 1.93. The molecule has 2 N–H and O–H groups in total. The maximum absolute atomic E-state index is 13.7. The first-order chi connectivity index (χ1) is 9.11. The first-order valence-electron chi connectivity index (χ1n) is 4.85. The van der Waals surface area contributed by atoms with Crippen LogP contribution in [0.25, 0.3) is 0 Å². The molecule has 1 aromatic rings. The van der Waals surface area contributed by atoms with Gasteiger partial charge in [-0.2, -0.15) is 13.2 Å². The molecule has 0 atom stereocenters. The summed E-state index contributed by atoms with van der Waals surface area (Å²) in [5.41, 5.74) is -0.935. The molecule has 0 aliphatic heterocycles. The zero-order chi connectivity index (χ0) is 15.5. The van der Waals surface area contributed by atoms with E-state index in [0.717, 1.165) is 12.1 Å². The van der Waals surface area contributed by atoms with Crippen molar-refractivity contribution in [3.8, 4) is 5.75 Å². The molecule has 0 heterocycles. The van der Waals surface area contributed by atoms with Crippen molar-refractivity contribution in [1.29, 1.82) is 0 Å². The molecular formula is C10H6ClF4NO4. The minimum Gasteiger partial charge on any atom is -0.449 e. The summed E-state index contributed by atoms with van der Waals surface area (Å²) < 4.78 is 53.6. The van der Waals surface area contributed by atoms with Crippen molar-refractivity contribution in [2.24, 2.45) is 0 Å². The van der Waals surface area contributed by atoms with Crippen LogP contribution in [-0.4, -0.2) is 29.9 Å². The Hall–Kier alpha value is -2.03. The monoisotopic (exact) mass is 315 g/mol. The molecule has 0 aliphatic carbocycles. The van der Waals surface area contributed by atoms with Gasteiger partial charge in [-0.15, -0.1) is 0 Å². The lowest BCUT2D eigenvalue weighted by molar-refractivity contribution is -0.123. The van der Waals surface area contributed by atoms with Gasteiger partial charge < -0.3 is 15.2 Å². The van der Waals surface area contributed by atoms with Crippen molar-refractivity contribution in [1.82, 2.24) is 5.32 Å². The molecule has 0 bridgehead atoms. The normalized spacial score (nSPS) is 11.1. The van der Waals surface area contributed by atoms with E-state index in [4.69, 9.17) is 16.7 Å². The Morgan fingerprint density at radius 2 is 1.95 bits per heavy atom. The lowest BCUT2D eigenvalue weighted by atomic mass is 10.2. The number of benzene rings is 1. The summed E-state index contributed by atoms with van der Waals surface area (Å²) in [5, 5.41) is 9.25. The maximum Gasteiger partial charge on any atom is 0.511 e. The third kappa shape index (κ3) is 4.26. The van der Waals surface area contributed by atoms with Crippen molar-refractivity contribution in [3.63, 3.8) is 0 Å². The van der Waals surface area contributed by atoms with Gasteiger partial charge in [-0.3, -0.25) is 4.79 Å². The third-order valence-corrected chi connectivity index (χ3v) is 2.24. The average Bonchev–Trinajstić information content (AvgIpc) is 2.29. The average molecular weight is 316 g/mol. The van der Waals surface area contributed by atoms with Gasteiger partial charge in [-0.25, -0.2) is 9.18 Å². The molecule has 0 aliphatic rings. The van der Waals surface area contributed by atoms with Crippen LogP contribution in [0.1, 0.15) is 10.4 Å². The lowest BCUT2D eigenvalue weighted by Gasteiger charge is -2.11. The fourth-order valence-electron chi connectivity index (χ4n) is 1.18. The fourth-order valence-corrected chi connectivity index (χ4v) is 1.42. The Balaban J connectivity index is 3.04. The Morgan fingerprint density at radius 1 is 1.35 bits per heavy atom. The predicted molar refractivity (Wildman–Crippen MR) is 58.5 cm³/mol. The molecule has 110 valence electrons. The number of rotatable bonds is 3.